The van der Waals surface area contributed by atoms with Gasteiger partial charge in [-0.2, -0.15) is 8.75 Å². The number of anilines is 1. The third kappa shape index (κ3) is 2.88. The molecular formula is C14H13Cl2N3S2. The Balaban J connectivity index is 2.06. The van der Waals surface area contributed by atoms with Crippen molar-refractivity contribution < 1.29 is 0 Å². The van der Waals surface area contributed by atoms with E-state index in [-0.39, 0.29) is 6.04 Å². The van der Waals surface area contributed by atoms with Crippen LogP contribution in [0.5, 0.6) is 0 Å². The second kappa shape index (κ2) is 6.08. The first-order chi connectivity index (χ1) is 10.1. The van der Waals surface area contributed by atoms with E-state index in [9.17, 15) is 0 Å². The third-order valence-electron chi connectivity index (χ3n) is 3.26. The molecular weight excluding hydrogens is 345 g/mol. The number of aromatic nitrogens is 2. The summed E-state index contributed by atoms with van der Waals surface area (Å²) in [5.41, 5.74) is 2.24. The number of benzene rings is 1. The third-order valence-corrected chi connectivity index (χ3v) is 5.33. The highest BCUT2D eigenvalue weighted by Crippen LogP contribution is 2.39. The molecule has 0 radical (unpaired) electrons. The van der Waals surface area contributed by atoms with E-state index in [2.05, 4.69) is 45.4 Å². The second-order valence-electron chi connectivity index (χ2n) is 5.06. The van der Waals surface area contributed by atoms with Crippen LogP contribution in [0.1, 0.15) is 24.8 Å². The highest BCUT2D eigenvalue weighted by atomic mass is 35.5. The summed E-state index contributed by atoms with van der Waals surface area (Å²) in [5.74, 6) is 0.414. The van der Waals surface area contributed by atoms with Gasteiger partial charge in [0.15, 0.2) is 0 Å². The van der Waals surface area contributed by atoms with Crippen molar-refractivity contribution in [3.05, 3.63) is 38.5 Å². The molecule has 3 nitrogen and oxygen atoms in total. The quantitative estimate of drug-likeness (QED) is 0.634. The van der Waals surface area contributed by atoms with Crippen molar-refractivity contribution in [3.63, 3.8) is 0 Å². The van der Waals surface area contributed by atoms with Crippen molar-refractivity contribution in [1.82, 2.24) is 8.75 Å². The lowest BCUT2D eigenvalue weighted by molar-refractivity contribution is 0.554. The Morgan fingerprint density at radius 1 is 1.14 bits per heavy atom. The second-order valence-corrected chi connectivity index (χ2v) is 7.38. The molecule has 1 unspecified atom stereocenters. The number of hydrogen-bond acceptors (Lipinski definition) is 5. The molecule has 3 rings (SSSR count). The summed E-state index contributed by atoms with van der Waals surface area (Å²) in [6.07, 6.45) is 0. The van der Waals surface area contributed by atoms with E-state index in [0.29, 0.717) is 21.5 Å². The van der Waals surface area contributed by atoms with Crippen LogP contribution in [-0.4, -0.2) is 8.75 Å². The highest BCUT2D eigenvalue weighted by Gasteiger charge is 2.21. The van der Waals surface area contributed by atoms with Crippen LogP contribution in [-0.2, 0) is 0 Å². The van der Waals surface area contributed by atoms with Crippen LogP contribution in [0.3, 0.4) is 0 Å². The Morgan fingerprint density at radius 3 is 2.57 bits per heavy atom. The smallest absolute Gasteiger partial charge is 0.130 e. The lowest BCUT2D eigenvalue weighted by Crippen LogP contribution is -2.16. The van der Waals surface area contributed by atoms with Crippen LogP contribution in [0, 0.1) is 5.92 Å². The maximum absolute atomic E-state index is 6.37. The molecule has 0 aliphatic heterocycles. The van der Waals surface area contributed by atoms with Crippen LogP contribution in [0.2, 0.25) is 10.0 Å². The van der Waals surface area contributed by atoms with E-state index in [1.54, 1.807) is 17.4 Å². The zero-order valence-electron chi connectivity index (χ0n) is 11.4. The Bertz CT molecular complexity index is 753. The maximum Gasteiger partial charge on any atom is 0.130 e. The van der Waals surface area contributed by atoms with E-state index in [1.165, 1.54) is 4.88 Å². The summed E-state index contributed by atoms with van der Waals surface area (Å²) < 4.78 is 8.57. The first kappa shape index (κ1) is 15.0. The van der Waals surface area contributed by atoms with Crippen molar-refractivity contribution >= 4 is 63.0 Å². The summed E-state index contributed by atoms with van der Waals surface area (Å²) in [6.45, 7) is 4.36. The van der Waals surface area contributed by atoms with Crippen molar-refractivity contribution in [1.29, 1.82) is 0 Å². The minimum absolute atomic E-state index is 0.175. The molecule has 21 heavy (non-hydrogen) atoms. The van der Waals surface area contributed by atoms with E-state index in [1.807, 2.05) is 0 Å². The molecule has 3 aromatic rings. The monoisotopic (exact) mass is 357 g/mol. The number of fused-ring (bicyclic) bond motifs is 1. The van der Waals surface area contributed by atoms with Crippen molar-refractivity contribution in [2.45, 2.75) is 19.9 Å². The van der Waals surface area contributed by atoms with Gasteiger partial charge in [0.1, 0.15) is 11.0 Å². The fourth-order valence-corrected chi connectivity index (χ4v) is 4.32. The molecule has 1 N–H and O–H groups in total. The molecule has 1 atom stereocenters. The Morgan fingerprint density at radius 2 is 1.90 bits per heavy atom. The molecule has 1 aromatic carbocycles. The van der Waals surface area contributed by atoms with Crippen LogP contribution < -0.4 is 5.32 Å². The van der Waals surface area contributed by atoms with Crippen molar-refractivity contribution in [2.75, 3.05) is 5.32 Å². The standard InChI is InChI=1S/C14H13Cl2N3S2/c1-7(2)11(10-4-3-5-20-10)17-12-8(15)6-9(16)13-14(12)19-21-18-13/h3-7,11,17H,1-2H3. The zero-order valence-corrected chi connectivity index (χ0v) is 14.6. The first-order valence-electron chi connectivity index (χ1n) is 6.48. The average Bonchev–Trinajstić information content (AvgIpc) is 3.08. The van der Waals surface area contributed by atoms with Gasteiger partial charge in [-0.05, 0) is 23.4 Å². The van der Waals surface area contributed by atoms with Gasteiger partial charge in [0, 0.05) is 4.88 Å². The number of halogens is 2. The molecule has 0 aliphatic carbocycles. The summed E-state index contributed by atoms with van der Waals surface area (Å²) in [4.78, 5) is 1.27. The van der Waals surface area contributed by atoms with Gasteiger partial charge in [-0.1, -0.05) is 43.1 Å². The molecule has 0 saturated carbocycles. The van der Waals surface area contributed by atoms with Gasteiger partial charge in [0.25, 0.3) is 0 Å². The maximum atomic E-state index is 6.37. The van der Waals surface area contributed by atoms with E-state index in [0.717, 1.165) is 22.9 Å². The Kier molecular flexibility index (Phi) is 4.36. The predicted octanol–water partition coefficient (Wildman–Crippen LogP) is 5.87. The number of thiophene rings is 1. The minimum atomic E-state index is 0.175. The fourth-order valence-electron chi connectivity index (χ4n) is 2.20. The molecule has 110 valence electrons. The van der Waals surface area contributed by atoms with Gasteiger partial charge in [-0.15, -0.1) is 11.3 Å². The van der Waals surface area contributed by atoms with Gasteiger partial charge in [0.05, 0.1) is 33.5 Å². The SMILES string of the molecule is CC(C)C(Nc1c(Cl)cc(Cl)c2nsnc12)c1cccs1. The van der Waals surface area contributed by atoms with Gasteiger partial charge < -0.3 is 5.32 Å². The van der Waals surface area contributed by atoms with Gasteiger partial charge in [-0.3, -0.25) is 0 Å². The minimum Gasteiger partial charge on any atom is -0.374 e. The Hall–Kier alpha value is -0.880. The molecule has 7 heteroatoms. The molecule has 0 fully saturated rings. The van der Waals surface area contributed by atoms with Gasteiger partial charge >= 0.3 is 0 Å². The summed E-state index contributed by atoms with van der Waals surface area (Å²) in [6, 6.07) is 6.08. The fraction of sp³-hybridized carbons (Fsp3) is 0.286. The van der Waals surface area contributed by atoms with Crippen molar-refractivity contribution in [3.8, 4) is 0 Å². The largest absolute Gasteiger partial charge is 0.374 e. The van der Waals surface area contributed by atoms with Gasteiger partial charge in [-0.25, -0.2) is 0 Å². The molecule has 0 bridgehead atoms. The lowest BCUT2D eigenvalue weighted by atomic mass is 10.0. The van der Waals surface area contributed by atoms with Crippen LogP contribution in [0.25, 0.3) is 11.0 Å². The van der Waals surface area contributed by atoms with E-state index < -0.39 is 0 Å². The lowest BCUT2D eigenvalue weighted by Gasteiger charge is -2.23. The summed E-state index contributed by atoms with van der Waals surface area (Å²) in [7, 11) is 0. The number of hydrogen-bond donors (Lipinski definition) is 1. The normalized spacial score (nSPS) is 13.0. The summed E-state index contributed by atoms with van der Waals surface area (Å²) in [5, 5.41) is 6.71. The number of nitrogens with one attached hydrogen (secondary N) is 1. The van der Waals surface area contributed by atoms with Gasteiger partial charge in [0.2, 0.25) is 0 Å². The van der Waals surface area contributed by atoms with E-state index >= 15 is 0 Å². The first-order valence-corrected chi connectivity index (χ1v) is 8.84. The van der Waals surface area contributed by atoms with E-state index in [4.69, 9.17) is 23.2 Å². The summed E-state index contributed by atoms with van der Waals surface area (Å²) >= 11 is 15.4. The molecule has 0 amide bonds. The molecule has 2 heterocycles. The Labute approximate surface area is 141 Å². The van der Waals surface area contributed by atoms with Crippen LogP contribution in [0.15, 0.2) is 23.6 Å². The topological polar surface area (TPSA) is 37.8 Å². The van der Waals surface area contributed by atoms with Crippen LogP contribution >= 0.6 is 46.3 Å². The molecule has 0 spiro atoms. The average molecular weight is 358 g/mol. The van der Waals surface area contributed by atoms with Crippen LogP contribution in [0.4, 0.5) is 5.69 Å². The molecule has 2 aromatic heterocycles. The molecule has 0 saturated heterocycles. The molecule has 0 aliphatic rings. The number of rotatable bonds is 4. The zero-order chi connectivity index (χ0) is 15.0. The highest BCUT2D eigenvalue weighted by molar-refractivity contribution is 7.10. The van der Waals surface area contributed by atoms with Crippen molar-refractivity contribution in [2.24, 2.45) is 5.92 Å². The number of nitrogens with zero attached hydrogens (tertiary/aromatic N) is 2. The predicted molar refractivity (Wildman–Crippen MR) is 93.0 cm³/mol.